The fraction of sp³-hybridized carbons (Fsp3) is 0.500. The monoisotopic (exact) mass is 376 g/mol. The second-order valence-electron chi connectivity index (χ2n) is 4.01. The molecule has 0 bridgehead atoms. The molecule has 124 valence electrons. The highest BCUT2D eigenvalue weighted by Gasteiger charge is 2.29. The number of halogens is 2. The molecule has 0 aliphatic rings. The van der Waals surface area contributed by atoms with Crippen molar-refractivity contribution < 1.29 is 23.5 Å². The fourth-order valence-corrected chi connectivity index (χ4v) is 1.90. The molecule has 0 heterocycles. The molecule has 0 spiro atoms. The minimum absolute atomic E-state index is 0.0435. The highest BCUT2D eigenvalue weighted by Crippen LogP contribution is 2.19. The first kappa shape index (κ1) is 20.6. The Kier molecular flexibility index (Phi) is 10.5. The van der Waals surface area contributed by atoms with E-state index in [2.05, 4.69) is 15.9 Å². The van der Waals surface area contributed by atoms with Crippen molar-refractivity contribution in [2.24, 2.45) is 5.92 Å². The SMILES string of the molecule is CC.CCOC(=O)C(Cc1ccc(Br)c(F)c1)C(=O)OCC. The molecule has 6 heteroatoms. The fourth-order valence-electron chi connectivity index (χ4n) is 1.65. The third kappa shape index (κ3) is 6.56. The number of rotatable bonds is 6. The molecular formula is C16H22BrFO4. The van der Waals surface area contributed by atoms with Gasteiger partial charge < -0.3 is 9.47 Å². The van der Waals surface area contributed by atoms with Gasteiger partial charge in [0.1, 0.15) is 5.82 Å². The lowest BCUT2D eigenvalue weighted by atomic mass is 9.99. The average molecular weight is 377 g/mol. The van der Waals surface area contributed by atoms with E-state index in [1.54, 1.807) is 19.9 Å². The zero-order valence-electron chi connectivity index (χ0n) is 13.3. The lowest BCUT2D eigenvalue weighted by Crippen LogP contribution is -2.30. The van der Waals surface area contributed by atoms with Crippen molar-refractivity contribution in [2.75, 3.05) is 13.2 Å². The van der Waals surface area contributed by atoms with Gasteiger partial charge >= 0.3 is 11.9 Å². The van der Waals surface area contributed by atoms with E-state index in [1.165, 1.54) is 12.1 Å². The van der Waals surface area contributed by atoms with E-state index < -0.39 is 23.7 Å². The molecule has 0 unspecified atom stereocenters. The van der Waals surface area contributed by atoms with Crippen LogP contribution in [0.25, 0.3) is 0 Å². The number of carbonyl (C=O) groups is 2. The van der Waals surface area contributed by atoms with Gasteiger partial charge in [0.05, 0.1) is 17.7 Å². The highest BCUT2D eigenvalue weighted by molar-refractivity contribution is 9.10. The van der Waals surface area contributed by atoms with Crippen molar-refractivity contribution in [2.45, 2.75) is 34.1 Å². The Morgan fingerprint density at radius 2 is 1.64 bits per heavy atom. The summed E-state index contributed by atoms with van der Waals surface area (Å²) in [6.07, 6.45) is 0.0435. The van der Waals surface area contributed by atoms with Crippen LogP contribution in [0.2, 0.25) is 0 Å². The zero-order chi connectivity index (χ0) is 17.1. The van der Waals surface area contributed by atoms with Gasteiger partial charge in [0, 0.05) is 0 Å². The normalized spacial score (nSPS) is 9.77. The maximum atomic E-state index is 13.4. The van der Waals surface area contributed by atoms with Gasteiger partial charge in [0.25, 0.3) is 0 Å². The second-order valence-corrected chi connectivity index (χ2v) is 4.86. The molecule has 1 rings (SSSR count). The number of carbonyl (C=O) groups excluding carboxylic acids is 2. The highest BCUT2D eigenvalue weighted by atomic mass is 79.9. The topological polar surface area (TPSA) is 52.6 Å². The van der Waals surface area contributed by atoms with Crippen molar-refractivity contribution in [1.82, 2.24) is 0 Å². The van der Waals surface area contributed by atoms with Gasteiger partial charge in [0.15, 0.2) is 5.92 Å². The van der Waals surface area contributed by atoms with Crippen molar-refractivity contribution in [1.29, 1.82) is 0 Å². The minimum atomic E-state index is -1.07. The van der Waals surface area contributed by atoms with Crippen LogP contribution in [0, 0.1) is 11.7 Å². The van der Waals surface area contributed by atoms with Gasteiger partial charge in [-0.25, -0.2) is 4.39 Å². The predicted octanol–water partition coefficient (Wildman–Crippen LogP) is 3.90. The van der Waals surface area contributed by atoms with Crippen LogP contribution in [-0.2, 0) is 25.5 Å². The van der Waals surface area contributed by atoms with Gasteiger partial charge in [-0.15, -0.1) is 0 Å². The largest absolute Gasteiger partial charge is 0.465 e. The first-order valence-corrected chi connectivity index (χ1v) is 8.06. The molecule has 1 aromatic carbocycles. The first-order chi connectivity index (χ1) is 10.5. The van der Waals surface area contributed by atoms with Crippen LogP contribution < -0.4 is 0 Å². The van der Waals surface area contributed by atoms with Crippen LogP contribution in [0.1, 0.15) is 33.3 Å². The Hall–Kier alpha value is -1.43. The molecule has 0 amide bonds. The number of hydrogen-bond donors (Lipinski definition) is 0. The Bertz CT molecular complexity index is 473. The van der Waals surface area contributed by atoms with Gasteiger partial charge in [-0.1, -0.05) is 19.9 Å². The average Bonchev–Trinajstić information content (AvgIpc) is 2.50. The van der Waals surface area contributed by atoms with Crippen LogP contribution in [-0.4, -0.2) is 25.2 Å². The van der Waals surface area contributed by atoms with E-state index >= 15 is 0 Å². The van der Waals surface area contributed by atoms with E-state index in [4.69, 9.17) is 9.47 Å². The van der Waals surface area contributed by atoms with Crippen molar-refractivity contribution >= 4 is 27.9 Å². The van der Waals surface area contributed by atoms with Crippen LogP contribution in [0.3, 0.4) is 0 Å². The Labute approximate surface area is 139 Å². The summed E-state index contributed by atoms with van der Waals surface area (Å²) in [7, 11) is 0. The van der Waals surface area contributed by atoms with Crippen LogP contribution in [0.4, 0.5) is 4.39 Å². The third-order valence-corrected chi connectivity index (χ3v) is 3.21. The zero-order valence-corrected chi connectivity index (χ0v) is 14.9. The van der Waals surface area contributed by atoms with Gasteiger partial charge in [0.2, 0.25) is 0 Å². The van der Waals surface area contributed by atoms with Gasteiger partial charge in [-0.3, -0.25) is 9.59 Å². The number of ether oxygens (including phenoxy) is 2. The second kappa shape index (κ2) is 11.2. The molecule has 0 atom stereocenters. The van der Waals surface area contributed by atoms with Crippen molar-refractivity contribution in [3.8, 4) is 0 Å². The maximum Gasteiger partial charge on any atom is 0.320 e. The summed E-state index contributed by atoms with van der Waals surface area (Å²) in [6.45, 7) is 7.64. The molecule has 1 aromatic rings. The quantitative estimate of drug-likeness (QED) is 0.557. The molecule has 0 radical (unpaired) electrons. The van der Waals surface area contributed by atoms with Crippen molar-refractivity contribution in [3.63, 3.8) is 0 Å². The Morgan fingerprint density at radius 1 is 1.14 bits per heavy atom. The standard InChI is InChI=1S/C14H16BrFO4.C2H6/c1-3-19-13(17)10(14(18)20-4-2)7-9-5-6-11(15)12(16)8-9;1-2/h5-6,8,10H,3-4,7H2,1-2H3;1-2H3. The number of benzene rings is 1. The Balaban J connectivity index is 0.00000211. The first-order valence-electron chi connectivity index (χ1n) is 7.26. The van der Waals surface area contributed by atoms with E-state index in [9.17, 15) is 14.0 Å². The summed E-state index contributed by atoms with van der Waals surface area (Å²) in [6, 6.07) is 4.44. The molecule has 22 heavy (non-hydrogen) atoms. The molecule has 0 aromatic heterocycles. The Morgan fingerprint density at radius 3 is 2.05 bits per heavy atom. The van der Waals surface area contributed by atoms with Crippen LogP contribution >= 0.6 is 15.9 Å². The molecule has 0 aliphatic carbocycles. The third-order valence-electron chi connectivity index (χ3n) is 2.57. The van der Waals surface area contributed by atoms with E-state index in [0.717, 1.165) is 0 Å². The molecule has 0 fully saturated rings. The van der Waals surface area contributed by atoms with Gasteiger partial charge in [-0.2, -0.15) is 0 Å². The van der Waals surface area contributed by atoms with E-state index in [1.807, 2.05) is 13.8 Å². The molecule has 4 nitrogen and oxygen atoms in total. The summed E-state index contributed by atoms with van der Waals surface area (Å²) in [4.78, 5) is 23.6. The van der Waals surface area contributed by atoms with Crippen molar-refractivity contribution in [3.05, 3.63) is 34.1 Å². The lowest BCUT2D eigenvalue weighted by Gasteiger charge is -2.14. The summed E-state index contributed by atoms with van der Waals surface area (Å²) < 4.78 is 23.5. The molecule has 0 saturated carbocycles. The minimum Gasteiger partial charge on any atom is -0.465 e. The summed E-state index contributed by atoms with van der Waals surface area (Å²) in [5.41, 5.74) is 0.525. The van der Waals surface area contributed by atoms with Gasteiger partial charge in [-0.05, 0) is 53.9 Å². The van der Waals surface area contributed by atoms with Crippen LogP contribution in [0.5, 0.6) is 0 Å². The molecule has 0 aliphatic heterocycles. The number of hydrogen-bond acceptors (Lipinski definition) is 4. The van der Waals surface area contributed by atoms with Crippen LogP contribution in [0.15, 0.2) is 22.7 Å². The summed E-state index contributed by atoms with van der Waals surface area (Å²) in [5.74, 6) is -2.84. The van der Waals surface area contributed by atoms with E-state index in [0.29, 0.717) is 10.0 Å². The summed E-state index contributed by atoms with van der Waals surface area (Å²) >= 11 is 3.04. The molecular weight excluding hydrogens is 355 g/mol. The smallest absolute Gasteiger partial charge is 0.320 e. The molecule has 0 N–H and O–H groups in total. The maximum absolute atomic E-state index is 13.4. The van der Waals surface area contributed by atoms with E-state index in [-0.39, 0.29) is 19.6 Å². The predicted molar refractivity (Wildman–Crippen MR) is 85.9 cm³/mol. The summed E-state index contributed by atoms with van der Waals surface area (Å²) in [5, 5.41) is 0. The lowest BCUT2D eigenvalue weighted by molar-refractivity contribution is -0.161. The molecule has 0 saturated heterocycles. The number of esters is 2.